The Hall–Kier alpha value is -2.16. The largest absolute Gasteiger partial charge is 0.353 e. The van der Waals surface area contributed by atoms with Crippen molar-refractivity contribution in [3.63, 3.8) is 0 Å². The number of rotatable bonds is 2. The van der Waals surface area contributed by atoms with Crippen molar-refractivity contribution in [1.29, 1.82) is 5.26 Å². The molecule has 1 saturated heterocycles. The lowest BCUT2D eigenvalue weighted by Crippen LogP contribution is -2.55. The standard InChI is InChI=1S/C13H13F2N3O/c1-2-11-13(19)17-3-4-18(11)12-9(14)5-8(7-16)6-10(12)15/h5-6,11H,2-4H2,1H3,(H,17,19). The molecule has 1 aromatic carbocycles. The van der Waals surface area contributed by atoms with E-state index in [2.05, 4.69) is 5.32 Å². The molecule has 1 N–H and O–H groups in total. The number of nitriles is 1. The molecular weight excluding hydrogens is 252 g/mol. The number of amides is 1. The average Bonchev–Trinajstić information content (AvgIpc) is 2.38. The molecule has 0 bridgehead atoms. The van der Waals surface area contributed by atoms with E-state index >= 15 is 0 Å². The average molecular weight is 265 g/mol. The van der Waals surface area contributed by atoms with Crippen molar-refractivity contribution in [3.8, 4) is 6.07 Å². The summed E-state index contributed by atoms with van der Waals surface area (Å²) in [5.74, 6) is -1.87. The van der Waals surface area contributed by atoms with Gasteiger partial charge in [0, 0.05) is 13.1 Å². The zero-order chi connectivity index (χ0) is 14.0. The molecule has 2 rings (SSSR count). The topological polar surface area (TPSA) is 56.1 Å². The van der Waals surface area contributed by atoms with Crippen LogP contribution < -0.4 is 10.2 Å². The van der Waals surface area contributed by atoms with Crippen LogP contribution in [0.15, 0.2) is 12.1 Å². The zero-order valence-corrected chi connectivity index (χ0v) is 10.4. The van der Waals surface area contributed by atoms with Crippen LogP contribution in [0.4, 0.5) is 14.5 Å². The summed E-state index contributed by atoms with van der Waals surface area (Å²) in [6, 6.07) is 3.07. The number of hydrogen-bond donors (Lipinski definition) is 1. The first-order chi connectivity index (χ1) is 9.08. The van der Waals surface area contributed by atoms with Crippen LogP contribution >= 0.6 is 0 Å². The molecular formula is C13H13F2N3O. The molecule has 0 radical (unpaired) electrons. The Labute approximate surface area is 109 Å². The Kier molecular flexibility index (Phi) is 3.65. The maximum atomic E-state index is 14.0. The third-order valence-corrected chi connectivity index (χ3v) is 3.15. The second-order valence-electron chi connectivity index (χ2n) is 4.31. The van der Waals surface area contributed by atoms with E-state index in [4.69, 9.17) is 5.26 Å². The van der Waals surface area contributed by atoms with Crippen LogP contribution in [0.1, 0.15) is 18.9 Å². The van der Waals surface area contributed by atoms with Gasteiger partial charge in [-0.1, -0.05) is 6.92 Å². The molecule has 1 fully saturated rings. The number of piperazine rings is 1. The molecule has 0 aliphatic carbocycles. The van der Waals surface area contributed by atoms with Crippen LogP contribution in [0.25, 0.3) is 0 Å². The summed E-state index contributed by atoms with van der Waals surface area (Å²) in [5.41, 5.74) is -0.311. The highest BCUT2D eigenvalue weighted by Crippen LogP contribution is 2.28. The fourth-order valence-electron chi connectivity index (χ4n) is 2.29. The fourth-order valence-corrected chi connectivity index (χ4v) is 2.29. The first-order valence-corrected chi connectivity index (χ1v) is 6.02. The fraction of sp³-hybridized carbons (Fsp3) is 0.385. The van der Waals surface area contributed by atoms with Crippen molar-refractivity contribution in [2.75, 3.05) is 18.0 Å². The van der Waals surface area contributed by atoms with Gasteiger partial charge in [0.2, 0.25) is 5.91 Å². The number of anilines is 1. The molecule has 1 aliphatic heterocycles. The Balaban J connectivity index is 2.46. The van der Waals surface area contributed by atoms with Crippen LogP contribution in [-0.2, 0) is 4.79 Å². The van der Waals surface area contributed by atoms with Gasteiger partial charge in [0.15, 0.2) is 11.6 Å². The third kappa shape index (κ3) is 2.36. The maximum Gasteiger partial charge on any atom is 0.242 e. The van der Waals surface area contributed by atoms with Gasteiger partial charge in [-0.05, 0) is 18.6 Å². The van der Waals surface area contributed by atoms with Crippen molar-refractivity contribution in [3.05, 3.63) is 29.3 Å². The van der Waals surface area contributed by atoms with Crippen LogP contribution in [0.5, 0.6) is 0 Å². The molecule has 1 heterocycles. The first-order valence-electron chi connectivity index (χ1n) is 6.02. The van der Waals surface area contributed by atoms with E-state index in [0.717, 1.165) is 12.1 Å². The van der Waals surface area contributed by atoms with Gasteiger partial charge in [-0.25, -0.2) is 8.78 Å². The summed E-state index contributed by atoms with van der Waals surface area (Å²) in [7, 11) is 0. The first kappa shape index (κ1) is 13.3. The molecule has 19 heavy (non-hydrogen) atoms. The van der Waals surface area contributed by atoms with E-state index in [1.54, 1.807) is 13.0 Å². The minimum atomic E-state index is -0.815. The van der Waals surface area contributed by atoms with Crippen molar-refractivity contribution in [2.24, 2.45) is 0 Å². The Morgan fingerprint density at radius 3 is 2.63 bits per heavy atom. The van der Waals surface area contributed by atoms with Gasteiger partial charge in [-0.2, -0.15) is 5.26 Å². The summed E-state index contributed by atoms with van der Waals surface area (Å²) in [6.45, 7) is 2.46. The molecule has 0 aromatic heterocycles. The number of carbonyl (C=O) groups is 1. The van der Waals surface area contributed by atoms with Crippen molar-refractivity contribution >= 4 is 11.6 Å². The minimum absolute atomic E-state index is 0.0757. The summed E-state index contributed by atoms with van der Waals surface area (Å²) < 4.78 is 27.9. The monoisotopic (exact) mass is 265 g/mol. The molecule has 4 nitrogen and oxygen atoms in total. The minimum Gasteiger partial charge on any atom is -0.353 e. The van der Waals surface area contributed by atoms with Crippen LogP contribution in [0.2, 0.25) is 0 Å². The van der Waals surface area contributed by atoms with E-state index < -0.39 is 17.7 Å². The zero-order valence-electron chi connectivity index (χ0n) is 10.4. The molecule has 1 unspecified atom stereocenters. The maximum absolute atomic E-state index is 14.0. The summed E-state index contributed by atoms with van der Waals surface area (Å²) in [5, 5.41) is 11.3. The van der Waals surface area contributed by atoms with Crippen molar-refractivity contribution in [1.82, 2.24) is 5.32 Å². The van der Waals surface area contributed by atoms with Gasteiger partial charge in [-0.15, -0.1) is 0 Å². The van der Waals surface area contributed by atoms with E-state index in [0.29, 0.717) is 19.5 Å². The molecule has 0 spiro atoms. The number of halogens is 2. The summed E-state index contributed by atoms with van der Waals surface area (Å²) in [6.07, 6.45) is 0.449. The predicted molar refractivity (Wildman–Crippen MR) is 65.5 cm³/mol. The molecule has 6 heteroatoms. The third-order valence-electron chi connectivity index (χ3n) is 3.15. The molecule has 1 atom stereocenters. The Morgan fingerprint density at radius 2 is 2.11 bits per heavy atom. The number of carbonyl (C=O) groups excluding carboxylic acids is 1. The van der Waals surface area contributed by atoms with E-state index in [1.165, 1.54) is 4.90 Å². The second kappa shape index (κ2) is 5.22. The van der Waals surface area contributed by atoms with E-state index in [1.807, 2.05) is 0 Å². The van der Waals surface area contributed by atoms with Gasteiger partial charge >= 0.3 is 0 Å². The summed E-state index contributed by atoms with van der Waals surface area (Å²) >= 11 is 0. The highest BCUT2D eigenvalue weighted by molar-refractivity contribution is 5.86. The highest BCUT2D eigenvalue weighted by atomic mass is 19.1. The summed E-state index contributed by atoms with van der Waals surface area (Å²) in [4.78, 5) is 13.1. The van der Waals surface area contributed by atoms with Gasteiger partial charge in [0.25, 0.3) is 0 Å². The van der Waals surface area contributed by atoms with E-state index in [-0.39, 0.29) is 17.2 Å². The van der Waals surface area contributed by atoms with Gasteiger partial charge in [0.1, 0.15) is 11.7 Å². The van der Waals surface area contributed by atoms with E-state index in [9.17, 15) is 13.6 Å². The molecule has 1 amide bonds. The molecule has 1 aliphatic rings. The number of benzene rings is 1. The smallest absolute Gasteiger partial charge is 0.242 e. The quantitative estimate of drug-likeness (QED) is 0.882. The lowest BCUT2D eigenvalue weighted by atomic mass is 10.1. The predicted octanol–water partition coefficient (Wildman–Crippen LogP) is 1.55. The van der Waals surface area contributed by atoms with Crippen LogP contribution in [-0.4, -0.2) is 25.0 Å². The molecule has 1 aromatic rings. The molecule has 0 saturated carbocycles. The highest BCUT2D eigenvalue weighted by Gasteiger charge is 2.31. The van der Waals surface area contributed by atoms with Crippen LogP contribution in [0.3, 0.4) is 0 Å². The van der Waals surface area contributed by atoms with Gasteiger partial charge in [0.05, 0.1) is 11.6 Å². The van der Waals surface area contributed by atoms with Crippen molar-refractivity contribution < 1.29 is 13.6 Å². The Morgan fingerprint density at radius 1 is 1.47 bits per heavy atom. The lowest BCUT2D eigenvalue weighted by molar-refractivity contribution is -0.123. The lowest BCUT2D eigenvalue weighted by Gasteiger charge is -2.36. The molecule has 100 valence electrons. The number of nitrogens with zero attached hydrogens (tertiary/aromatic N) is 2. The van der Waals surface area contributed by atoms with Crippen molar-refractivity contribution in [2.45, 2.75) is 19.4 Å². The number of hydrogen-bond acceptors (Lipinski definition) is 3. The van der Waals surface area contributed by atoms with Crippen LogP contribution in [0, 0.1) is 23.0 Å². The number of nitrogens with one attached hydrogen (secondary N) is 1. The Bertz CT molecular complexity index is 530. The normalized spacial score (nSPS) is 18.9. The van der Waals surface area contributed by atoms with Gasteiger partial charge < -0.3 is 10.2 Å². The van der Waals surface area contributed by atoms with Gasteiger partial charge in [-0.3, -0.25) is 4.79 Å². The SMILES string of the molecule is CCC1C(=O)NCCN1c1c(F)cc(C#N)cc1F. The second-order valence-corrected chi connectivity index (χ2v) is 4.31.